The van der Waals surface area contributed by atoms with Crippen LogP contribution in [0.1, 0.15) is 25.3 Å². The zero-order chi connectivity index (χ0) is 11.9. The monoisotopic (exact) mass is 236 g/mol. The van der Waals surface area contributed by atoms with Crippen molar-refractivity contribution in [1.82, 2.24) is 0 Å². The first-order valence-electron chi connectivity index (χ1n) is 6.53. The molecule has 0 bridgehead atoms. The van der Waals surface area contributed by atoms with E-state index >= 15 is 0 Å². The summed E-state index contributed by atoms with van der Waals surface area (Å²) in [5.74, 6) is 0.954. The zero-order valence-corrected chi connectivity index (χ0v) is 10.5. The molecule has 2 rings (SSSR count). The van der Waals surface area contributed by atoms with E-state index in [0.29, 0.717) is 6.10 Å². The van der Waals surface area contributed by atoms with Crippen LogP contribution >= 0.6 is 0 Å². The van der Waals surface area contributed by atoms with Crippen molar-refractivity contribution < 1.29 is 14.8 Å². The fourth-order valence-electron chi connectivity index (χ4n) is 2.15. The van der Waals surface area contributed by atoms with E-state index in [1.165, 1.54) is 18.4 Å². The third kappa shape index (κ3) is 4.02. The second-order valence-electron chi connectivity index (χ2n) is 4.44. The highest BCUT2D eigenvalue weighted by Crippen LogP contribution is 2.11. The molecular formula is C14H22NO2+. The number of nitrogens with two attached hydrogens (primary N) is 1. The Morgan fingerprint density at radius 3 is 2.82 bits per heavy atom. The van der Waals surface area contributed by atoms with Gasteiger partial charge in [-0.3, -0.25) is 0 Å². The molecule has 1 saturated heterocycles. The van der Waals surface area contributed by atoms with E-state index in [9.17, 15) is 0 Å². The minimum absolute atomic E-state index is 0.470. The Kier molecular flexibility index (Phi) is 4.83. The maximum Gasteiger partial charge on any atom is 0.119 e. The highest BCUT2D eigenvalue weighted by Gasteiger charge is 2.16. The summed E-state index contributed by atoms with van der Waals surface area (Å²) in [6, 6.07) is 8.35. The van der Waals surface area contributed by atoms with Gasteiger partial charge in [0.1, 0.15) is 24.9 Å². The van der Waals surface area contributed by atoms with Gasteiger partial charge in [-0.15, -0.1) is 0 Å². The van der Waals surface area contributed by atoms with Gasteiger partial charge in [-0.2, -0.15) is 0 Å². The molecule has 0 amide bonds. The molecule has 1 heterocycles. The van der Waals surface area contributed by atoms with E-state index in [1.807, 2.05) is 19.1 Å². The van der Waals surface area contributed by atoms with Crippen LogP contribution in [0.15, 0.2) is 24.3 Å². The number of rotatable bonds is 6. The van der Waals surface area contributed by atoms with Crippen LogP contribution in [0.3, 0.4) is 0 Å². The van der Waals surface area contributed by atoms with Crippen LogP contribution in [-0.4, -0.2) is 25.9 Å². The largest absolute Gasteiger partial charge is 0.494 e. The molecule has 1 aliphatic heterocycles. The molecule has 0 radical (unpaired) electrons. The fraction of sp³-hybridized carbons (Fsp3) is 0.571. The summed E-state index contributed by atoms with van der Waals surface area (Å²) in [5.41, 5.74) is 1.34. The molecule has 1 aromatic carbocycles. The molecule has 0 spiro atoms. The number of hydrogen-bond donors (Lipinski definition) is 1. The lowest BCUT2D eigenvalue weighted by Gasteiger charge is -2.08. The lowest BCUT2D eigenvalue weighted by molar-refractivity contribution is -0.676. The summed E-state index contributed by atoms with van der Waals surface area (Å²) in [5, 5.41) is 2.33. The lowest BCUT2D eigenvalue weighted by Crippen LogP contribution is -2.84. The van der Waals surface area contributed by atoms with E-state index in [0.717, 1.165) is 32.1 Å². The second kappa shape index (κ2) is 6.62. The van der Waals surface area contributed by atoms with Crippen molar-refractivity contribution >= 4 is 0 Å². The number of benzene rings is 1. The van der Waals surface area contributed by atoms with Crippen molar-refractivity contribution in [1.29, 1.82) is 0 Å². The van der Waals surface area contributed by atoms with Crippen LogP contribution in [0, 0.1) is 0 Å². The molecule has 0 unspecified atom stereocenters. The SMILES string of the molecule is CCOc1ccc(C[NH2+]C[C@@H]2CCCO2)cc1. The van der Waals surface area contributed by atoms with Gasteiger partial charge in [-0.1, -0.05) is 0 Å². The van der Waals surface area contributed by atoms with Crippen molar-refractivity contribution in [2.24, 2.45) is 0 Å². The van der Waals surface area contributed by atoms with E-state index < -0.39 is 0 Å². The Bertz CT molecular complexity index is 317. The van der Waals surface area contributed by atoms with E-state index in [1.54, 1.807) is 0 Å². The van der Waals surface area contributed by atoms with Crippen LogP contribution in [0.2, 0.25) is 0 Å². The molecule has 1 aromatic rings. The number of hydrogen-bond acceptors (Lipinski definition) is 2. The smallest absolute Gasteiger partial charge is 0.119 e. The molecule has 1 aliphatic rings. The Morgan fingerprint density at radius 2 is 2.18 bits per heavy atom. The zero-order valence-electron chi connectivity index (χ0n) is 10.5. The van der Waals surface area contributed by atoms with Crippen molar-refractivity contribution in [3.63, 3.8) is 0 Å². The standard InChI is InChI=1S/C14H21NO2/c1-2-16-13-7-5-12(6-8-13)10-15-11-14-4-3-9-17-14/h5-8,14-15H,2-4,9-11H2,1H3/p+1/t14-/m0/s1. The van der Waals surface area contributed by atoms with Gasteiger partial charge < -0.3 is 14.8 Å². The van der Waals surface area contributed by atoms with Crippen LogP contribution in [-0.2, 0) is 11.3 Å². The summed E-state index contributed by atoms with van der Waals surface area (Å²) >= 11 is 0. The molecule has 0 aliphatic carbocycles. The Labute approximate surface area is 103 Å². The highest BCUT2D eigenvalue weighted by molar-refractivity contribution is 5.26. The molecule has 1 fully saturated rings. The molecule has 2 N–H and O–H groups in total. The van der Waals surface area contributed by atoms with E-state index in [-0.39, 0.29) is 0 Å². The van der Waals surface area contributed by atoms with Crippen LogP contribution in [0.4, 0.5) is 0 Å². The number of quaternary nitrogens is 1. The minimum atomic E-state index is 0.470. The average Bonchev–Trinajstić information content (AvgIpc) is 2.85. The third-order valence-electron chi connectivity index (χ3n) is 3.07. The molecule has 1 atom stereocenters. The lowest BCUT2D eigenvalue weighted by atomic mass is 10.2. The fourth-order valence-corrected chi connectivity index (χ4v) is 2.15. The normalized spacial score (nSPS) is 19.5. The Hall–Kier alpha value is -1.06. The van der Waals surface area contributed by atoms with Gasteiger partial charge >= 0.3 is 0 Å². The van der Waals surface area contributed by atoms with Crippen LogP contribution in [0.25, 0.3) is 0 Å². The first-order chi connectivity index (χ1) is 8.38. The highest BCUT2D eigenvalue weighted by atomic mass is 16.5. The van der Waals surface area contributed by atoms with Gasteiger partial charge in [0.2, 0.25) is 0 Å². The van der Waals surface area contributed by atoms with Gasteiger partial charge in [0, 0.05) is 12.2 Å². The van der Waals surface area contributed by atoms with Crippen LogP contribution < -0.4 is 10.1 Å². The topological polar surface area (TPSA) is 35.1 Å². The summed E-state index contributed by atoms with van der Waals surface area (Å²) in [7, 11) is 0. The first-order valence-corrected chi connectivity index (χ1v) is 6.53. The molecule has 94 valence electrons. The summed E-state index contributed by atoms with van der Waals surface area (Å²) in [6.45, 7) is 5.77. The van der Waals surface area contributed by atoms with Crippen LogP contribution in [0.5, 0.6) is 5.75 Å². The molecule has 3 nitrogen and oxygen atoms in total. The third-order valence-corrected chi connectivity index (χ3v) is 3.07. The Balaban J connectivity index is 1.70. The molecule has 0 saturated carbocycles. The van der Waals surface area contributed by atoms with Gasteiger partial charge in [0.25, 0.3) is 0 Å². The maximum absolute atomic E-state index is 5.59. The predicted molar refractivity (Wildman–Crippen MR) is 67.1 cm³/mol. The minimum Gasteiger partial charge on any atom is -0.494 e. The van der Waals surface area contributed by atoms with Crippen molar-refractivity contribution in [3.8, 4) is 5.75 Å². The van der Waals surface area contributed by atoms with Crippen molar-refractivity contribution in [2.75, 3.05) is 19.8 Å². The molecule has 3 heteroatoms. The average molecular weight is 236 g/mol. The number of ether oxygens (including phenoxy) is 2. The van der Waals surface area contributed by atoms with Crippen molar-refractivity contribution in [2.45, 2.75) is 32.4 Å². The quantitative estimate of drug-likeness (QED) is 0.808. The van der Waals surface area contributed by atoms with Gasteiger partial charge in [-0.05, 0) is 44.0 Å². The molecule has 17 heavy (non-hydrogen) atoms. The van der Waals surface area contributed by atoms with Crippen molar-refractivity contribution in [3.05, 3.63) is 29.8 Å². The molecular weight excluding hydrogens is 214 g/mol. The summed E-state index contributed by atoms with van der Waals surface area (Å²) in [4.78, 5) is 0. The summed E-state index contributed by atoms with van der Waals surface area (Å²) in [6.07, 6.45) is 2.92. The molecule has 0 aromatic heterocycles. The maximum atomic E-state index is 5.59. The van der Waals surface area contributed by atoms with E-state index in [4.69, 9.17) is 9.47 Å². The van der Waals surface area contributed by atoms with Gasteiger partial charge in [0.15, 0.2) is 0 Å². The van der Waals surface area contributed by atoms with E-state index in [2.05, 4.69) is 17.4 Å². The summed E-state index contributed by atoms with van der Waals surface area (Å²) < 4.78 is 11.0. The Morgan fingerprint density at radius 1 is 1.35 bits per heavy atom. The van der Waals surface area contributed by atoms with Gasteiger partial charge in [-0.25, -0.2) is 0 Å². The first kappa shape index (κ1) is 12.4. The predicted octanol–water partition coefficient (Wildman–Crippen LogP) is 1.33. The van der Waals surface area contributed by atoms with Gasteiger partial charge in [0.05, 0.1) is 6.61 Å². The second-order valence-corrected chi connectivity index (χ2v) is 4.44.